The van der Waals surface area contributed by atoms with Gasteiger partial charge in [0.15, 0.2) is 0 Å². The summed E-state index contributed by atoms with van der Waals surface area (Å²) in [6, 6.07) is 18.0. The molecule has 138 valence electrons. The van der Waals surface area contributed by atoms with Gasteiger partial charge in [-0.25, -0.2) is 4.68 Å². The summed E-state index contributed by atoms with van der Waals surface area (Å²) in [6.45, 7) is 0. The van der Waals surface area contributed by atoms with Gasteiger partial charge in [0.05, 0.1) is 6.42 Å². The van der Waals surface area contributed by atoms with E-state index in [0.29, 0.717) is 28.1 Å². The molecule has 7 nitrogen and oxygen atoms in total. The molecule has 3 heterocycles. The van der Waals surface area contributed by atoms with Gasteiger partial charge >= 0.3 is 0 Å². The summed E-state index contributed by atoms with van der Waals surface area (Å²) in [5.74, 6) is 0.618. The van der Waals surface area contributed by atoms with Crippen LogP contribution in [0.15, 0.2) is 73.1 Å². The van der Waals surface area contributed by atoms with E-state index in [4.69, 9.17) is 11.6 Å². The van der Waals surface area contributed by atoms with Gasteiger partial charge in [-0.2, -0.15) is 0 Å². The van der Waals surface area contributed by atoms with Gasteiger partial charge in [-0.15, -0.1) is 10.2 Å². The standard InChI is InChI=1S/C20H15ClN6O/c21-15-9-7-14(8-10-15)13-18(28)26-27-19(16-5-1-3-11-22-16)24-25-20(27)17-6-2-4-12-23-17/h1-12H,13H2,(H,26,28). The number of nitrogens with one attached hydrogen (secondary N) is 1. The third-order valence-corrected chi connectivity index (χ3v) is 4.22. The SMILES string of the molecule is O=C(Cc1ccc(Cl)cc1)Nn1c(-c2ccccn2)nnc1-c1ccccn1. The number of halogens is 1. The number of carbonyl (C=O) groups is 1. The Kier molecular flexibility index (Phi) is 5.07. The van der Waals surface area contributed by atoms with Gasteiger partial charge in [0, 0.05) is 17.4 Å². The molecule has 0 atom stereocenters. The molecule has 0 unspecified atom stereocenters. The van der Waals surface area contributed by atoms with Crippen LogP contribution in [-0.4, -0.2) is 30.7 Å². The Labute approximate surface area is 166 Å². The molecular formula is C20H15ClN6O. The molecule has 0 aliphatic rings. The highest BCUT2D eigenvalue weighted by Crippen LogP contribution is 2.20. The Hall–Kier alpha value is -3.58. The van der Waals surface area contributed by atoms with E-state index in [1.165, 1.54) is 4.68 Å². The normalized spacial score (nSPS) is 10.6. The van der Waals surface area contributed by atoms with E-state index in [9.17, 15) is 4.79 Å². The van der Waals surface area contributed by atoms with Crippen molar-refractivity contribution in [1.29, 1.82) is 0 Å². The van der Waals surface area contributed by atoms with E-state index in [0.717, 1.165) is 5.56 Å². The zero-order valence-electron chi connectivity index (χ0n) is 14.7. The zero-order chi connectivity index (χ0) is 19.3. The van der Waals surface area contributed by atoms with E-state index >= 15 is 0 Å². The molecule has 1 aromatic carbocycles. The average molecular weight is 391 g/mol. The second kappa shape index (κ2) is 7.98. The van der Waals surface area contributed by atoms with Crippen LogP contribution in [0.1, 0.15) is 5.56 Å². The quantitative estimate of drug-likeness (QED) is 0.564. The summed E-state index contributed by atoms with van der Waals surface area (Å²) < 4.78 is 1.52. The maximum atomic E-state index is 12.7. The molecule has 4 aromatic rings. The van der Waals surface area contributed by atoms with Crippen molar-refractivity contribution in [3.05, 3.63) is 83.6 Å². The van der Waals surface area contributed by atoms with Crippen LogP contribution in [0.5, 0.6) is 0 Å². The number of rotatable bonds is 5. The molecule has 0 spiro atoms. The lowest BCUT2D eigenvalue weighted by molar-refractivity contribution is -0.116. The molecule has 1 N–H and O–H groups in total. The molecule has 0 aliphatic carbocycles. The third-order valence-electron chi connectivity index (χ3n) is 3.97. The van der Waals surface area contributed by atoms with Crippen LogP contribution in [-0.2, 0) is 11.2 Å². The Bertz CT molecular complexity index is 1020. The summed E-state index contributed by atoms with van der Waals surface area (Å²) in [4.78, 5) is 21.3. The molecule has 0 fully saturated rings. The summed E-state index contributed by atoms with van der Waals surface area (Å²) in [5.41, 5.74) is 4.87. The molecule has 28 heavy (non-hydrogen) atoms. The molecule has 0 saturated heterocycles. The molecular weight excluding hydrogens is 376 g/mol. The minimum atomic E-state index is -0.225. The predicted molar refractivity (Wildman–Crippen MR) is 106 cm³/mol. The topological polar surface area (TPSA) is 85.6 Å². The number of hydrogen-bond donors (Lipinski definition) is 1. The van der Waals surface area contributed by atoms with Crippen molar-refractivity contribution < 1.29 is 4.79 Å². The van der Waals surface area contributed by atoms with E-state index in [-0.39, 0.29) is 12.3 Å². The Morgan fingerprint density at radius 2 is 1.43 bits per heavy atom. The van der Waals surface area contributed by atoms with Crippen LogP contribution < -0.4 is 5.43 Å². The molecule has 0 radical (unpaired) electrons. The maximum Gasteiger partial charge on any atom is 0.243 e. The van der Waals surface area contributed by atoms with Crippen molar-refractivity contribution in [2.75, 3.05) is 5.43 Å². The first-order valence-electron chi connectivity index (χ1n) is 8.53. The number of carbonyl (C=O) groups excluding carboxylic acids is 1. The first kappa shape index (κ1) is 17.8. The largest absolute Gasteiger partial charge is 0.273 e. The summed E-state index contributed by atoms with van der Waals surface area (Å²) in [7, 11) is 0. The van der Waals surface area contributed by atoms with Crippen molar-refractivity contribution in [3.8, 4) is 23.0 Å². The van der Waals surface area contributed by atoms with Crippen LogP contribution >= 0.6 is 11.6 Å². The van der Waals surface area contributed by atoms with Crippen LogP contribution in [0, 0.1) is 0 Å². The van der Waals surface area contributed by atoms with Crippen molar-refractivity contribution >= 4 is 17.5 Å². The first-order chi connectivity index (χ1) is 13.7. The number of benzene rings is 1. The second-order valence-electron chi connectivity index (χ2n) is 5.95. The molecule has 4 rings (SSSR count). The summed E-state index contributed by atoms with van der Waals surface area (Å²) in [5, 5.41) is 9.05. The highest BCUT2D eigenvalue weighted by Gasteiger charge is 2.19. The van der Waals surface area contributed by atoms with Crippen LogP contribution in [0.25, 0.3) is 23.0 Å². The lowest BCUT2D eigenvalue weighted by Crippen LogP contribution is -2.26. The Morgan fingerprint density at radius 1 is 0.857 bits per heavy atom. The van der Waals surface area contributed by atoms with E-state index < -0.39 is 0 Å². The van der Waals surface area contributed by atoms with Crippen molar-refractivity contribution in [3.63, 3.8) is 0 Å². The third kappa shape index (κ3) is 3.89. The van der Waals surface area contributed by atoms with Crippen molar-refractivity contribution in [2.45, 2.75) is 6.42 Å². The molecule has 8 heteroatoms. The Morgan fingerprint density at radius 3 is 1.93 bits per heavy atom. The van der Waals surface area contributed by atoms with Gasteiger partial charge in [-0.3, -0.25) is 20.2 Å². The van der Waals surface area contributed by atoms with E-state index in [1.807, 2.05) is 36.4 Å². The molecule has 0 saturated carbocycles. The molecule has 3 aromatic heterocycles. The smallest absolute Gasteiger partial charge is 0.243 e. The minimum absolute atomic E-state index is 0.179. The second-order valence-corrected chi connectivity index (χ2v) is 6.39. The van der Waals surface area contributed by atoms with Gasteiger partial charge in [-0.1, -0.05) is 35.9 Å². The maximum absolute atomic E-state index is 12.7. The van der Waals surface area contributed by atoms with E-state index in [2.05, 4.69) is 25.6 Å². The van der Waals surface area contributed by atoms with Crippen molar-refractivity contribution in [1.82, 2.24) is 24.8 Å². The van der Waals surface area contributed by atoms with Gasteiger partial charge in [0.1, 0.15) is 11.4 Å². The van der Waals surface area contributed by atoms with Gasteiger partial charge in [0.2, 0.25) is 17.6 Å². The van der Waals surface area contributed by atoms with Crippen LogP contribution in [0.2, 0.25) is 5.02 Å². The molecule has 1 amide bonds. The number of hydrogen-bond acceptors (Lipinski definition) is 5. The predicted octanol–water partition coefficient (Wildman–Crippen LogP) is 3.37. The molecule has 0 bridgehead atoms. The van der Waals surface area contributed by atoms with E-state index in [1.54, 1.807) is 36.7 Å². The number of aromatic nitrogens is 5. The Balaban J connectivity index is 1.68. The number of nitrogens with zero attached hydrogens (tertiary/aromatic N) is 5. The lowest BCUT2D eigenvalue weighted by atomic mass is 10.1. The number of pyridine rings is 2. The first-order valence-corrected chi connectivity index (χ1v) is 8.91. The summed E-state index contributed by atoms with van der Waals surface area (Å²) in [6.07, 6.45) is 3.49. The monoisotopic (exact) mass is 390 g/mol. The fourth-order valence-corrected chi connectivity index (χ4v) is 2.79. The lowest BCUT2D eigenvalue weighted by Gasteiger charge is -2.11. The van der Waals surface area contributed by atoms with Gasteiger partial charge in [0.25, 0.3) is 0 Å². The highest BCUT2D eigenvalue weighted by atomic mass is 35.5. The zero-order valence-corrected chi connectivity index (χ0v) is 15.4. The van der Waals surface area contributed by atoms with Gasteiger partial charge in [-0.05, 0) is 42.0 Å². The average Bonchev–Trinajstić information content (AvgIpc) is 3.14. The summed E-state index contributed by atoms with van der Waals surface area (Å²) >= 11 is 5.91. The van der Waals surface area contributed by atoms with Gasteiger partial charge < -0.3 is 0 Å². The number of amides is 1. The fraction of sp³-hybridized carbons (Fsp3) is 0.0500. The minimum Gasteiger partial charge on any atom is -0.273 e. The van der Waals surface area contributed by atoms with Crippen LogP contribution in [0.4, 0.5) is 0 Å². The van der Waals surface area contributed by atoms with Crippen molar-refractivity contribution in [2.24, 2.45) is 0 Å². The highest BCUT2D eigenvalue weighted by molar-refractivity contribution is 6.30. The fourth-order valence-electron chi connectivity index (χ4n) is 2.66. The molecule has 0 aliphatic heterocycles. The van der Waals surface area contributed by atoms with Crippen LogP contribution in [0.3, 0.4) is 0 Å².